The van der Waals surface area contributed by atoms with E-state index >= 15 is 0 Å². The second-order valence-electron chi connectivity index (χ2n) is 11.1. The van der Waals surface area contributed by atoms with Gasteiger partial charge in [-0.1, -0.05) is 49.8 Å². The van der Waals surface area contributed by atoms with Gasteiger partial charge >= 0.3 is 11.9 Å². The molecule has 1 aromatic carbocycles. The van der Waals surface area contributed by atoms with Crippen LogP contribution in [0.3, 0.4) is 0 Å². The number of thioether (sulfide) groups is 1. The number of carbonyl (C=O) groups is 2. The molecule has 0 aromatic heterocycles. The molecule has 0 amide bonds. The molecule has 2 saturated carbocycles. The molecule has 1 heterocycles. The van der Waals surface area contributed by atoms with E-state index in [0.717, 1.165) is 35.3 Å². The Kier molecular flexibility index (Phi) is 8.03. The molecule has 2 N–H and O–H groups in total. The lowest BCUT2D eigenvalue weighted by Crippen LogP contribution is -2.57. The number of rotatable bonds is 7. The zero-order chi connectivity index (χ0) is 26.1. The predicted octanol–water partition coefficient (Wildman–Crippen LogP) is 4.61. The molecule has 2 aliphatic carbocycles. The lowest BCUT2D eigenvalue weighted by Gasteiger charge is -2.59. The van der Waals surface area contributed by atoms with E-state index in [1.807, 2.05) is 44.2 Å². The van der Waals surface area contributed by atoms with Gasteiger partial charge in [0.15, 0.2) is 6.10 Å². The number of aliphatic hydroxyl groups excluding tert-OH is 2. The molecule has 6 atom stereocenters. The van der Waals surface area contributed by atoms with Crippen LogP contribution in [0.2, 0.25) is 0 Å². The molecule has 3 aliphatic rings. The molecular weight excluding hydrogens is 476 g/mol. The van der Waals surface area contributed by atoms with Gasteiger partial charge in [0.2, 0.25) is 0 Å². The van der Waals surface area contributed by atoms with E-state index < -0.39 is 23.6 Å². The standard InChI is InChI=1S/C29H38O6S/c1-18-5-8-20(9-6-18)36-16-26(32)35-23-15-34-27(33)21(23)10-11-22-19(2)7-12-24-28(22,3)14-13-25(31)29(24,4)17-30/h5-6,8-10,22-25,30-31H,2,7,11-17H2,1,3-4H3/b21-10+/t22-,23-,24+,25-,28+,29+/m1/s1. The second kappa shape index (κ2) is 10.7. The molecule has 1 saturated heterocycles. The van der Waals surface area contributed by atoms with Gasteiger partial charge in [-0.05, 0) is 68.4 Å². The fourth-order valence-electron chi connectivity index (χ4n) is 6.62. The first-order valence-corrected chi connectivity index (χ1v) is 13.8. The highest BCUT2D eigenvalue weighted by Crippen LogP contribution is 2.61. The first kappa shape index (κ1) is 27.0. The van der Waals surface area contributed by atoms with Crippen LogP contribution in [0.1, 0.15) is 51.5 Å². The van der Waals surface area contributed by atoms with E-state index in [1.165, 1.54) is 11.8 Å². The molecule has 0 radical (unpaired) electrons. The highest BCUT2D eigenvalue weighted by molar-refractivity contribution is 8.00. The minimum atomic E-state index is -0.708. The largest absolute Gasteiger partial charge is 0.458 e. The number of aliphatic hydroxyl groups is 2. The van der Waals surface area contributed by atoms with Crippen LogP contribution in [0, 0.1) is 29.6 Å². The van der Waals surface area contributed by atoms with Gasteiger partial charge in [0.05, 0.1) is 24.0 Å². The van der Waals surface area contributed by atoms with Crippen LogP contribution in [0.5, 0.6) is 0 Å². The van der Waals surface area contributed by atoms with Gasteiger partial charge < -0.3 is 19.7 Å². The van der Waals surface area contributed by atoms with Gasteiger partial charge in [-0.25, -0.2) is 4.79 Å². The maximum atomic E-state index is 12.5. The lowest BCUT2D eigenvalue weighted by molar-refractivity contribution is -0.151. The number of fused-ring (bicyclic) bond motifs is 1. The summed E-state index contributed by atoms with van der Waals surface area (Å²) in [7, 11) is 0. The molecular formula is C29H38O6S. The van der Waals surface area contributed by atoms with Crippen molar-refractivity contribution in [2.75, 3.05) is 19.0 Å². The minimum Gasteiger partial charge on any atom is -0.458 e. The van der Waals surface area contributed by atoms with Gasteiger partial charge in [-0.2, -0.15) is 0 Å². The molecule has 0 spiro atoms. The zero-order valence-corrected chi connectivity index (χ0v) is 22.3. The number of carbonyl (C=O) groups excluding carboxylic acids is 2. The Morgan fingerprint density at radius 1 is 1.28 bits per heavy atom. The van der Waals surface area contributed by atoms with Gasteiger partial charge in [-0.15, -0.1) is 11.8 Å². The summed E-state index contributed by atoms with van der Waals surface area (Å²) >= 11 is 1.40. The third-order valence-corrected chi connectivity index (χ3v) is 9.85. The number of allylic oxidation sites excluding steroid dienone is 2. The Labute approximate surface area is 218 Å². The van der Waals surface area contributed by atoms with Crippen molar-refractivity contribution in [1.82, 2.24) is 0 Å². The van der Waals surface area contributed by atoms with E-state index in [0.29, 0.717) is 18.4 Å². The van der Waals surface area contributed by atoms with Crippen molar-refractivity contribution in [1.29, 1.82) is 0 Å². The molecule has 1 aromatic rings. The van der Waals surface area contributed by atoms with Crippen LogP contribution in [-0.4, -0.2) is 53.3 Å². The molecule has 1 aliphatic heterocycles. The third-order valence-electron chi connectivity index (χ3n) is 8.87. The van der Waals surface area contributed by atoms with Gasteiger partial charge in [-0.3, -0.25) is 4.79 Å². The fourth-order valence-corrected chi connectivity index (χ4v) is 7.30. The molecule has 4 rings (SSSR count). The van der Waals surface area contributed by atoms with Crippen molar-refractivity contribution in [2.24, 2.45) is 22.7 Å². The van der Waals surface area contributed by atoms with Crippen molar-refractivity contribution in [3.63, 3.8) is 0 Å². The Hall–Kier alpha value is -2.09. The van der Waals surface area contributed by atoms with Gasteiger partial charge in [0, 0.05) is 10.3 Å². The normalized spacial score (nSPS) is 35.4. The fraction of sp³-hybridized carbons (Fsp3) is 0.586. The van der Waals surface area contributed by atoms with Crippen LogP contribution in [0.25, 0.3) is 0 Å². The number of hydrogen-bond donors (Lipinski definition) is 2. The molecule has 7 heteroatoms. The smallest absolute Gasteiger partial charge is 0.337 e. The zero-order valence-electron chi connectivity index (χ0n) is 21.5. The summed E-state index contributed by atoms with van der Waals surface area (Å²) in [6.45, 7) is 10.6. The van der Waals surface area contributed by atoms with Crippen LogP contribution >= 0.6 is 11.8 Å². The van der Waals surface area contributed by atoms with Crippen molar-refractivity contribution >= 4 is 23.7 Å². The number of aryl methyl sites for hydroxylation is 1. The van der Waals surface area contributed by atoms with E-state index in [1.54, 1.807) is 0 Å². The Bertz CT molecular complexity index is 1030. The number of ether oxygens (including phenoxy) is 2. The summed E-state index contributed by atoms with van der Waals surface area (Å²) in [6.07, 6.45) is 4.39. The average Bonchev–Trinajstić information content (AvgIpc) is 3.19. The summed E-state index contributed by atoms with van der Waals surface area (Å²) in [5, 5.41) is 20.9. The quantitative estimate of drug-likeness (QED) is 0.237. The molecule has 0 unspecified atom stereocenters. The van der Waals surface area contributed by atoms with Crippen LogP contribution in [-0.2, 0) is 19.1 Å². The Morgan fingerprint density at radius 3 is 2.69 bits per heavy atom. The summed E-state index contributed by atoms with van der Waals surface area (Å²) in [6, 6.07) is 7.94. The maximum Gasteiger partial charge on any atom is 0.337 e. The monoisotopic (exact) mass is 514 g/mol. The summed E-state index contributed by atoms with van der Waals surface area (Å²) in [5.74, 6) is -0.424. The molecule has 0 bridgehead atoms. The third kappa shape index (κ3) is 5.15. The van der Waals surface area contributed by atoms with E-state index in [-0.39, 0.29) is 42.2 Å². The van der Waals surface area contributed by atoms with Crippen molar-refractivity contribution < 1.29 is 29.3 Å². The molecule has 196 valence electrons. The minimum absolute atomic E-state index is 0.0336. The first-order valence-electron chi connectivity index (χ1n) is 12.8. The van der Waals surface area contributed by atoms with Crippen molar-refractivity contribution in [2.45, 2.75) is 70.0 Å². The number of esters is 2. The molecule has 36 heavy (non-hydrogen) atoms. The highest BCUT2D eigenvalue weighted by atomic mass is 32.2. The van der Waals surface area contributed by atoms with E-state index in [4.69, 9.17) is 9.47 Å². The highest BCUT2D eigenvalue weighted by Gasteiger charge is 2.57. The summed E-state index contributed by atoms with van der Waals surface area (Å²) in [4.78, 5) is 26.0. The molecule has 3 fully saturated rings. The van der Waals surface area contributed by atoms with Crippen LogP contribution in [0.15, 0.2) is 53.0 Å². The second-order valence-corrected chi connectivity index (χ2v) is 12.1. The SMILES string of the molecule is C=C1CC[C@@H]2[C@](C)(CO)[C@H](O)CC[C@@]2(C)[C@@H]1C/C=C1/C(=O)OC[C@H]1OC(=O)CSc1ccc(C)cc1. The average molecular weight is 515 g/mol. The number of benzene rings is 1. The number of hydrogen-bond acceptors (Lipinski definition) is 7. The van der Waals surface area contributed by atoms with E-state index in [9.17, 15) is 19.8 Å². The maximum absolute atomic E-state index is 12.5. The first-order chi connectivity index (χ1) is 17.1. The Balaban J connectivity index is 1.44. The molecule has 6 nitrogen and oxygen atoms in total. The van der Waals surface area contributed by atoms with Gasteiger partial charge in [0.25, 0.3) is 0 Å². The Morgan fingerprint density at radius 2 is 2.00 bits per heavy atom. The van der Waals surface area contributed by atoms with Crippen molar-refractivity contribution in [3.05, 3.63) is 53.6 Å². The van der Waals surface area contributed by atoms with Crippen LogP contribution in [0.4, 0.5) is 0 Å². The lowest BCUT2D eigenvalue weighted by atomic mass is 9.46. The predicted molar refractivity (Wildman–Crippen MR) is 139 cm³/mol. The summed E-state index contributed by atoms with van der Waals surface area (Å²) in [5.41, 5.74) is 1.98. The van der Waals surface area contributed by atoms with Crippen LogP contribution < -0.4 is 0 Å². The number of cyclic esters (lactones) is 1. The van der Waals surface area contributed by atoms with Crippen molar-refractivity contribution in [3.8, 4) is 0 Å². The summed E-state index contributed by atoms with van der Waals surface area (Å²) < 4.78 is 10.9. The van der Waals surface area contributed by atoms with Gasteiger partial charge in [0.1, 0.15) is 6.61 Å². The topological polar surface area (TPSA) is 93.1 Å². The van der Waals surface area contributed by atoms with E-state index in [2.05, 4.69) is 13.5 Å².